The fraction of sp³-hybridized carbons (Fsp3) is 0.273. The van der Waals surface area contributed by atoms with Gasteiger partial charge >= 0.3 is 18.0 Å². The van der Waals surface area contributed by atoms with Crippen molar-refractivity contribution >= 4 is 23.2 Å². The highest BCUT2D eigenvalue weighted by atomic mass is 19.4. The first-order valence-electron chi connectivity index (χ1n) is 5.00. The van der Waals surface area contributed by atoms with Crippen LogP contribution >= 0.6 is 0 Å². The van der Waals surface area contributed by atoms with Crippen LogP contribution in [0.3, 0.4) is 0 Å². The van der Waals surface area contributed by atoms with Crippen LogP contribution in [0.4, 0.5) is 24.5 Å². The maximum absolute atomic E-state index is 13.0. The monoisotopic (exact) mass is 257 g/mol. The van der Waals surface area contributed by atoms with Gasteiger partial charge in [0.15, 0.2) is 0 Å². The molecule has 0 saturated heterocycles. The molecule has 0 saturated carbocycles. The molecule has 1 aromatic rings. The Morgan fingerprint density at radius 2 is 1.83 bits per heavy atom. The van der Waals surface area contributed by atoms with E-state index < -0.39 is 29.2 Å². The average Bonchev–Trinajstić information content (AvgIpc) is 2.21. The summed E-state index contributed by atoms with van der Waals surface area (Å²) >= 11 is 0. The summed E-state index contributed by atoms with van der Waals surface area (Å²) in [5, 5.41) is 5.33. The van der Waals surface area contributed by atoms with Gasteiger partial charge in [0.25, 0.3) is 0 Å². The van der Waals surface area contributed by atoms with Gasteiger partial charge in [0.05, 0.1) is 11.3 Å². The number of halogens is 3. The summed E-state index contributed by atoms with van der Waals surface area (Å²) in [6.45, 7) is 2.79. The minimum absolute atomic E-state index is 0.00560. The lowest BCUT2D eigenvalue weighted by Gasteiger charge is -2.22. The quantitative estimate of drug-likeness (QED) is 0.723. The summed E-state index contributed by atoms with van der Waals surface area (Å²) in [5.41, 5.74) is -1.23. The number of alkyl halides is 3. The number of anilines is 1. The van der Waals surface area contributed by atoms with Crippen LogP contribution in [-0.2, 0) is 15.8 Å². The molecular formula is C11H8F3N2O2. The van der Waals surface area contributed by atoms with E-state index in [1.165, 1.54) is 19.9 Å². The average molecular weight is 257 g/mol. The van der Waals surface area contributed by atoms with Crippen molar-refractivity contribution in [2.24, 2.45) is 0 Å². The standard InChI is InChI=1S/C11H8F3N2O2/c1-4-3-6-8(16-10(18)9(17)15-6)7(5(4)2)11(12,13)14/h3H,1-2H3,(H,15,17). The van der Waals surface area contributed by atoms with Crippen molar-refractivity contribution in [3.05, 3.63) is 22.8 Å². The van der Waals surface area contributed by atoms with Crippen molar-refractivity contribution in [2.75, 3.05) is 5.32 Å². The molecule has 4 nitrogen and oxygen atoms in total. The van der Waals surface area contributed by atoms with Gasteiger partial charge in [-0.1, -0.05) is 0 Å². The predicted molar refractivity (Wildman–Crippen MR) is 56.3 cm³/mol. The van der Waals surface area contributed by atoms with E-state index in [0.29, 0.717) is 5.56 Å². The molecule has 0 aliphatic carbocycles. The second-order valence-electron chi connectivity index (χ2n) is 3.96. The predicted octanol–water partition coefficient (Wildman–Crippen LogP) is 2.04. The molecular weight excluding hydrogens is 249 g/mol. The third-order valence-electron chi connectivity index (χ3n) is 2.76. The molecule has 7 heteroatoms. The summed E-state index contributed by atoms with van der Waals surface area (Å²) in [4.78, 5) is 22.2. The molecule has 18 heavy (non-hydrogen) atoms. The van der Waals surface area contributed by atoms with E-state index in [0.717, 1.165) is 0 Å². The van der Waals surface area contributed by atoms with Crippen LogP contribution in [-0.4, -0.2) is 11.8 Å². The zero-order valence-electron chi connectivity index (χ0n) is 9.47. The van der Waals surface area contributed by atoms with Crippen LogP contribution in [0.5, 0.6) is 0 Å². The van der Waals surface area contributed by atoms with Crippen LogP contribution in [0.25, 0.3) is 0 Å². The Morgan fingerprint density at radius 1 is 1.22 bits per heavy atom. The second-order valence-corrected chi connectivity index (χ2v) is 3.96. The molecule has 0 fully saturated rings. The fourth-order valence-corrected chi connectivity index (χ4v) is 1.79. The van der Waals surface area contributed by atoms with Gasteiger partial charge in [0, 0.05) is 0 Å². The zero-order chi connectivity index (χ0) is 13.7. The first-order valence-corrected chi connectivity index (χ1v) is 5.00. The maximum atomic E-state index is 13.0. The molecule has 0 unspecified atom stereocenters. The van der Waals surface area contributed by atoms with Gasteiger partial charge in [-0.2, -0.15) is 13.2 Å². The highest BCUT2D eigenvalue weighted by Gasteiger charge is 2.40. The topological polar surface area (TPSA) is 60.3 Å². The lowest BCUT2D eigenvalue weighted by Crippen LogP contribution is -2.35. The van der Waals surface area contributed by atoms with E-state index in [2.05, 4.69) is 10.6 Å². The lowest BCUT2D eigenvalue weighted by molar-refractivity contribution is -0.139. The first-order chi connectivity index (χ1) is 8.21. The number of nitrogens with one attached hydrogen (secondary N) is 1. The summed E-state index contributed by atoms with van der Waals surface area (Å²) < 4.78 is 38.9. The van der Waals surface area contributed by atoms with Crippen molar-refractivity contribution in [3.63, 3.8) is 0 Å². The van der Waals surface area contributed by atoms with Crippen molar-refractivity contribution in [1.29, 1.82) is 0 Å². The Bertz CT molecular complexity index is 564. The van der Waals surface area contributed by atoms with E-state index in [1.54, 1.807) is 0 Å². The summed E-state index contributed by atoms with van der Waals surface area (Å²) in [7, 11) is 0. The SMILES string of the molecule is Cc1cc2c(c(C(F)(F)F)c1C)[N]C(=O)C(=O)N2. The van der Waals surface area contributed by atoms with E-state index in [-0.39, 0.29) is 11.3 Å². The number of amides is 2. The van der Waals surface area contributed by atoms with Gasteiger partial charge in [0.2, 0.25) is 0 Å². The molecule has 0 spiro atoms. The first kappa shape index (κ1) is 12.4. The lowest BCUT2D eigenvalue weighted by atomic mass is 9.98. The fourth-order valence-electron chi connectivity index (χ4n) is 1.79. The minimum Gasteiger partial charge on any atom is -0.316 e. The molecule has 2 amide bonds. The number of aryl methyl sites for hydroxylation is 1. The van der Waals surface area contributed by atoms with Gasteiger partial charge < -0.3 is 5.32 Å². The van der Waals surface area contributed by atoms with E-state index in [9.17, 15) is 22.8 Å². The molecule has 1 radical (unpaired) electrons. The molecule has 0 atom stereocenters. The Balaban J connectivity index is 2.74. The number of rotatable bonds is 0. The largest absolute Gasteiger partial charge is 0.418 e. The van der Waals surface area contributed by atoms with Crippen LogP contribution in [0.2, 0.25) is 0 Å². The highest BCUT2D eigenvalue weighted by molar-refractivity contribution is 6.42. The third kappa shape index (κ3) is 1.81. The maximum Gasteiger partial charge on any atom is 0.418 e. The minimum atomic E-state index is -4.63. The van der Waals surface area contributed by atoms with Gasteiger partial charge in [-0.05, 0) is 31.0 Å². The number of benzene rings is 1. The van der Waals surface area contributed by atoms with E-state index >= 15 is 0 Å². The smallest absolute Gasteiger partial charge is 0.316 e. The van der Waals surface area contributed by atoms with Gasteiger partial charge in [0.1, 0.15) is 5.69 Å². The van der Waals surface area contributed by atoms with E-state index in [4.69, 9.17) is 0 Å². The number of nitrogens with zero attached hydrogens (tertiary/aromatic N) is 1. The van der Waals surface area contributed by atoms with Crippen LogP contribution < -0.4 is 10.6 Å². The summed E-state index contributed by atoms with van der Waals surface area (Å²) in [6.07, 6.45) is -4.63. The molecule has 1 N–H and O–H groups in total. The number of carbonyl (C=O) groups excluding carboxylic acids is 2. The molecule has 1 aliphatic heterocycles. The third-order valence-corrected chi connectivity index (χ3v) is 2.76. The van der Waals surface area contributed by atoms with Crippen molar-refractivity contribution in [3.8, 4) is 0 Å². The number of hydrogen-bond acceptors (Lipinski definition) is 2. The van der Waals surface area contributed by atoms with Gasteiger partial charge in [-0.3, -0.25) is 9.59 Å². The zero-order valence-corrected chi connectivity index (χ0v) is 9.47. The molecule has 95 valence electrons. The van der Waals surface area contributed by atoms with Crippen LogP contribution in [0, 0.1) is 13.8 Å². The molecule has 0 aromatic heterocycles. The molecule has 2 rings (SSSR count). The summed E-state index contributed by atoms with van der Waals surface area (Å²) in [5.74, 6) is -2.25. The van der Waals surface area contributed by atoms with Crippen molar-refractivity contribution in [2.45, 2.75) is 20.0 Å². The second kappa shape index (κ2) is 3.72. The van der Waals surface area contributed by atoms with Gasteiger partial charge in [-0.25, -0.2) is 5.32 Å². The molecule has 0 bridgehead atoms. The molecule has 1 aromatic carbocycles. The van der Waals surface area contributed by atoms with Gasteiger partial charge in [-0.15, -0.1) is 0 Å². The summed E-state index contributed by atoms with van der Waals surface area (Å²) in [6, 6.07) is 1.37. The Morgan fingerprint density at radius 3 is 2.39 bits per heavy atom. The Labute approximate surface area is 100 Å². The van der Waals surface area contributed by atoms with E-state index in [1.807, 2.05) is 0 Å². The Kier molecular flexibility index (Phi) is 2.57. The number of fused-ring (bicyclic) bond motifs is 1. The molecule has 1 aliphatic rings. The van der Waals surface area contributed by atoms with Crippen molar-refractivity contribution < 1.29 is 22.8 Å². The van der Waals surface area contributed by atoms with Crippen LogP contribution in [0.1, 0.15) is 16.7 Å². The molecule has 1 heterocycles. The normalized spacial score (nSPS) is 14.9. The van der Waals surface area contributed by atoms with Crippen molar-refractivity contribution in [1.82, 2.24) is 5.32 Å². The highest BCUT2D eigenvalue weighted by Crippen LogP contribution is 2.43. The number of hydrogen-bond donors (Lipinski definition) is 1. The number of carbonyl (C=O) groups is 2. The van der Waals surface area contributed by atoms with Crippen LogP contribution in [0.15, 0.2) is 6.07 Å². The Hall–Kier alpha value is -2.05.